The van der Waals surface area contributed by atoms with E-state index >= 15 is 0 Å². The average molecular weight is 795 g/mol. The minimum absolute atomic E-state index is 0.0128. The molecule has 0 aromatic heterocycles. The number of hydrogen-bond donors (Lipinski definition) is 7. The highest BCUT2D eigenvalue weighted by Crippen LogP contribution is 2.74. The number of allylic oxidation sites excluding steroid dienone is 3. The van der Waals surface area contributed by atoms with Crippen molar-refractivity contribution in [2.45, 2.75) is 180 Å². The van der Waals surface area contributed by atoms with E-state index in [0.717, 1.165) is 44.9 Å². The second kappa shape index (κ2) is 15.8. The normalized spacial score (nSPS) is 52.8. The maximum Gasteiger partial charge on any atom is 0.187 e. The number of rotatable bonds is 9. The predicted octanol–water partition coefficient (Wildman–Crippen LogP) is 2.94. The molecule has 0 amide bonds. The van der Waals surface area contributed by atoms with E-state index in [1.165, 1.54) is 5.57 Å². The van der Waals surface area contributed by atoms with Gasteiger partial charge in [0.05, 0.1) is 25.4 Å². The number of fused-ring (bicyclic) bond motifs is 5. The van der Waals surface area contributed by atoms with E-state index in [9.17, 15) is 35.7 Å². The molecule has 20 unspecified atom stereocenters. The Morgan fingerprint density at radius 2 is 1.43 bits per heavy atom. The minimum atomic E-state index is -1.73. The van der Waals surface area contributed by atoms with Crippen molar-refractivity contribution in [2.75, 3.05) is 20.3 Å². The first-order valence-electron chi connectivity index (χ1n) is 21.1. The lowest BCUT2D eigenvalue weighted by molar-refractivity contribution is -0.377. The van der Waals surface area contributed by atoms with Crippen molar-refractivity contribution >= 4 is 0 Å². The number of methoxy groups -OCH3 is 1. The van der Waals surface area contributed by atoms with Crippen molar-refractivity contribution in [2.24, 2.45) is 45.3 Å². The maximum absolute atomic E-state index is 11.3. The Hall–Kier alpha value is -1.04. The first-order chi connectivity index (χ1) is 26.4. The Labute approximate surface area is 332 Å². The van der Waals surface area contributed by atoms with Crippen LogP contribution >= 0.6 is 0 Å². The van der Waals surface area contributed by atoms with Gasteiger partial charge in [0, 0.05) is 13.0 Å². The predicted molar refractivity (Wildman–Crippen MR) is 203 cm³/mol. The van der Waals surface area contributed by atoms with Crippen LogP contribution in [0.5, 0.6) is 0 Å². The Balaban J connectivity index is 1.11. The molecule has 13 heteroatoms. The van der Waals surface area contributed by atoms with Crippen molar-refractivity contribution < 1.29 is 64.2 Å². The summed E-state index contributed by atoms with van der Waals surface area (Å²) in [6.07, 6.45) is -2.40. The zero-order valence-electron chi connectivity index (χ0n) is 34.6. The summed E-state index contributed by atoms with van der Waals surface area (Å²) in [6.45, 7) is 15.0. The van der Waals surface area contributed by atoms with Gasteiger partial charge in [0.2, 0.25) is 0 Å². The average Bonchev–Trinajstić information content (AvgIpc) is 3.68. The molecule has 320 valence electrons. The summed E-state index contributed by atoms with van der Waals surface area (Å²) >= 11 is 0. The highest BCUT2D eigenvalue weighted by Gasteiger charge is 2.67. The number of aliphatic hydroxyl groups is 7. The molecule has 7 rings (SSSR count). The molecule has 0 spiro atoms. The molecule has 20 atom stereocenters. The molecule has 7 N–H and O–H groups in total. The molecule has 56 heavy (non-hydrogen) atoms. The summed E-state index contributed by atoms with van der Waals surface area (Å²) in [7, 11) is 1.78. The lowest BCUT2D eigenvalue weighted by Crippen LogP contribution is -2.65. The summed E-state index contributed by atoms with van der Waals surface area (Å²) in [5, 5.41) is 73.4. The molecule has 0 aromatic rings. The van der Waals surface area contributed by atoms with Gasteiger partial charge in [-0.15, -0.1) is 0 Å². The first-order valence-corrected chi connectivity index (χ1v) is 21.1. The van der Waals surface area contributed by atoms with Crippen LogP contribution in [-0.2, 0) is 28.4 Å². The van der Waals surface area contributed by atoms with Gasteiger partial charge in [-0.05, 0) is 105 Å². The van der Waals surface area contributed by atoms with Gasteiger partial charge in [0.1, 0.15) is 48.8 Å². The van der Waals surface area contributed by atoms with Gasteiger partial charge < -0.3 is 64.2 Å². The number of ether oxygens (including phenoxy) is 6. The Bertz CT molecular complexity index is 1460. The van der Waals surface area contributed by atoms with Gasteiger partial charge in [0.25, 0.3) is 0 Å². The largest absolute Gasteiger partial charge is 0.394 e. The van der Waals surface area contributed by atoms with Crippen LogP contribution in [0.2, 0.25) is 0 Å². The van der Waals surface area contributed by atoms with Crippen LogP contribution in [0.25, 0.3) is 0 Å². The van der Waals surface area contributed by atoms with Crippen LogP contribution in [0.15, 0.2) is 23.3 Å². The molecular weight excluding hydrogens is 724 g/mol. The lowest BCUT2D eigenvalue weighted by Gasteiger charge is -2.65. The SMILES string of the molecule is COC1OC(C=C(C)C)CC1C1CCC2(C)C3=CCC4C(C)(C)C(OC5OC(CO)C(O)C(O)C5OC5OC(CO)C(O)C(O)C5O)CCC4(C)C3CCC12C. The van der Waals surface area contributed by atoms with Gasteiger partial charge in [-0.2, -0.15) is 0 Å². The van der Waals surface area contributed by atoms with Crippen molar-refractivity contribution in [1.29, 1.82) is 0 Å². The standard InChI is InChI=1S/C43H70O13/c1-21(2)17-22-18-23(37(51-8)52-22)24-11-15-43(7)26-9-10-29-40(3,4)30(13-14-41(29,5)25(26)12-16-42(24,43)6)55-39-36(34(49)32(47)28(20-45)54-39)56-38-35(50)33(48)31(46)27(19-44)53-38/h9,17,22-25,27-39,44-50H,10-16,18-20H2,1-8H3. The summed E-state index contributed by atoms with van der Waals surface area (Å²) < 4.78 is 36.9. The van der Waals surface area contributed by atoms with E-state index in [1.54, 1.807) is 12.7 Å². The third-order valence-corrected chi connectivity index (χ3v) is 16.5. The lowest BCUT2D eigenvalue weighted by atomic mass is 9.41. The van der Waals surface area contributed by atoms with E-state index in [0.29, 0.717) is 24.2 Å². The van der Waals surface area contributed by atoms with Gasteiger partial charge in [0.15, 0.2) is 18.9 Å². The third kappa shape index (κ3) is 6.80. The fourth-order valence-electron chi connectivity index (χ4n) is 13.2. The Morgan fingerprint density at radius 1 is 0.768 bits per heavy atom. The van der Waals surface area contributed by atoms with E-state index in [4.69, 9.17) is 28.4 Å². The summed E-state index contributed by atoms with van der Waals surface area (Å²) in [5.74, 6) is 1.55. The van der Waals surface area contributed by atoms with E-state index in [1.807, 2.05) is 0 Å². The molecule has 0 radical (unpaired) electrons. The van der Waals surface area contributed by atoms with Gasteiger partial charge in [-0.25, -0.2) is 0 Å². The number of hydrogen-bond acceptors (Lipinski definition) is 13. The molecular formula is C43H70O13. The zero-order valence-corrected chi connectivity index (χ0v) is 34.6. The zero-order chi connectivity index (χ0) is 40.7. The second-order valence-corrected chi connectivity index (χ2v) is 19.9. The fourth-order valence-corrected chi connectivity index (χ4v) is 13.2. The summed E-state index contributed by atoms with van der Waals surface area (Å²) in [5.41, 5.74) is 2.74. The molecule has 3 aliphatic heterocycles. The second-order valence-electron chi connectivity index (χ2n) is 19.9. The van der Waals surface area contributed by atoms with Crippen LogP contribution in [0.4, 0.5) is 0 Å². The number of aliphatic hydroxyl groups excluding tert-OH is 7. The molecule has 3 saturated heterocycles. The van der Waals surface area contributed by atoms with Crippen molar-refractivity contribution in [3.05, 3.63) is 23.3 Å². The first kappa shape index (κ1) is 43.1. The van der Waals surface area contributed by atoms with Crippen molar-refractivity contribution in [1.82, 2.24) is 0 Å². The topological polar surface area (TPSA) is 197 Å². The fraction of sp³-hybridized carbons (Fsp3) is 0.907. The van der Waals surface area contributed by atoms with E-state index < -0.39 is 74.6 Å². The molecule has 7 aliphatic rings. The summed E-state index contributed by atoms with van der Waals surface area (Å²) in [4.78, 5) is 0. The van der Waals surface area contributed by atoms with Gasteiger partial charge in [-0.3, -0.25) is 0 Å². The van der Waals surface area contributed by atoms with Crippen LogP contribution in [-0.4, -0.2) is 136 Å². The van der Waals surface area contributed by atoms with Crippen LogP contribution in [0.1, 0.15) is 99.8 Å². The van der Waals surface area contributed by atoms with Crippen molar-refractivity contribution in [3.63, 3.8) is 0 Å². The van der Waals surface area contributed by atoms with E-state index in [2.05, 4.69) is 60.6 Å². The molecule has 0 aromatic carbocycles. The minimum Gasteiger partial charge on any atom is -0.394 e. The quantitative estimate of drug-likeness (QED) is 0.169. The Kier molecular flexibility index (Phi) is 12.1. The highest BCUT2D eigenvalue weighted by atomic mass is 16.8. The summed E-state index contributed by atoms with van der Waals surface area (Å²) in [6, 6.07) is 0. The van der Waals surface area contributed by atoms with Gasteiger partial charge >= 0.3 is 0 Å². The smallest absolute Gasteiger partial charge is 0.187 e. The molecule has 13 nitrogen and oxygen atoms in total. The molecule has 4 aliphatic carbocycles. The van der Waals surface area contributed by atoms with Crippen molar-refractivity contribution in [3.8, 4) is 0 Å². The van der Waals surface area contributed by atoms with Crippen LogP contribution in [0, 0.1) is 45.3 Å². The molecule has 6 fully saturated rings. The third-order valence-electron chi connectivity index (χ3n) is 16.5. The van der Waals surface area contributed by atoms with Gasteiger partial charge in [-0.1, -0.05) is 57.9 Å². The molecule has 3 heterocycles. The molecule has 3 saturated carbocycles. The monoisotopic (exact) mass is 794 g/mol. The van der Waals surface area contributed by atoms with Crippen LogP contribution in [0.3, 0.4) is 0 Å². The highest BCUT2D eigenvalue weighted by molar-refractivity contribution is 5.33. The molecule has 0 bridgehead atoms. The Morgan fingerprint density at radius 3 is 2.07 bits per heavy atom. The van der Waals surface area contributed by atoms with Crippen LogP contribution < -0.4 is 0 Å². The van der Waals surface area contributed by atoms with E-state index in [-0.39, 0.29) is 46.1 Å². The maximum atomic E-state index is 11.3.